The first-order valence-electron chi connectivity index (χ1n) is 12.1. The van der Waals surface area contributed by atoms with Crippen LogP contribution in [0, 0.1) is 6.92 Å². The zero-order valence-electron chi connectivity index (χ0n) is 20.4. The van der Waals surface area contributed by atoms with Crippen molar-refractivity contribution in [3.05, 3.63) is 101 Å². The number of anilines is 2. The van der Waals surface area contributed by atoms with E-state index in [4.69, 9.17) is 4.74 Å². The molecule has 35 heavy (non-hydrogen) atoms. The molecule has 178 valence electrons. The average Bonchev–Trinajstić information content (AvgIpc) is 3.03. The summed E-state index contributed by atoms with van der Waals surface area (Å²) in [6, 6.07) is 23.5. The maximum Gasteiger partial charge on any atom is 0.227 e. The Bertz CT molecular complexity index is 1290. The number of hydrogen-bond acceptors (Lipinski definition) is 4. The number of ketones is 1. The molecule has 0 bridgehead atoms. The van der Waals surface area contributed by atoms with Crippen molar-refractivity contribution in [1.29, 1.82) is 0 Å². The Morgan fingerprint density at radius 3 is 2.34 bits per heavy atom. The van der Waals surface area contributed by atoms with E-state index in [1.165, 1.54) is 0 Å². The lowest BCUT2D eigenvalue weighted by molar-refractivity contribution is -0.119. The van der Waals surface area contributed by atoms with Crippen LogP contribution in [-0.2, 0) is 9.59 Å². The molecule has 0 unspecified atom stereocenters. The highest BCUT2D eigenvalue weighted by Gasteiger charge is 2.41. The lowest BCUT2D eigenvalue weighted by Gasteiger charge is -2.35. The van der Waals surface area contributed by atoms with E-state index in [9.17, 15) is 9.59 Å². The third-order valence-electron chi connectivity index (χ3n) is 7.04. The standard InChI is InChI=1S/C30H30N2O3/c1-4-28(34)32-26-8-6-5-7-24(26)31-25-17-22(20-13-15-23(35-3)16-14-20)18-27(33)29(25)30(32)21-11-9-19(2)10-12-21/h5-16,22,30-31H,4,17-18H2,1-3H3/t22-,30+/m1/s1. The molecule has 2 atom stereocenters. The van der Waals surface area contributed by atoms with Gasteiger partial charge >= 0.3 is 0 Å². The molecule has 1 aliphatic heterocycles. The Kier molecular flexibility index (Phi) is 6.16. The minimum atomic E-state index is -0.474. The van der Waals surface area contributed by atoms with Crippen LogP contribution in [0.4, 0.5) is 11.4 Å². The van der Waals surface area contributed by atoms with Crippen LogP contribution in [0.15, 0.2) is 84.1 Å². The van der Waals surface area contributed by atoms with E-state index in [0.29, 0.717) is 24.8 Å². The summed E-state index contributed by atoms with van der Waals surface area (Å²) in [5, 5.41) is 3.57. The molecular formula is C30H30N2O3. The van der Waals surface area contributed by atoms with E-state index < -0.39 is 6.04 Å². The molecule has 0 saturated heterocycles. The second-order valence-electron chi connectivity index (χ2n) is 9.27. The largest absolute Gasteiger partial charge is 0.497 e. The van der Waals surface area contributed by atoms with Gasteiger partial charge in [0.05, 0.1) is 24.5 Å². The molecule has 0 spiro atoms. The number of amides is 1. The van der Waals surface area contributed by atoms with Gasteiger partial charge in [-0.1, -0.05) is 61.0 Å². The highest BCUT2D eigenvalue weighted by molar-refractivity contribution is 6.06. The summed E-state index contributed by atoms with van der Waals surface area (Å²) < 4.78 is 5.31. The summed E-state index contributed by atoms with van der Waals surface area (Å²) in [5.74, 6) is 0.917. The number of rotatable bonds is 4. The second-order valence-corrected chi connectivity index (χ2v) is 9.27. The van der Waals surface area contributed by atoms with Gasteiger partial charge in [-0.05, 0) is 54.7 Å². The molecule has 5 rings (SSSR count). The van der Waals surface area contributed by atoms with Gasteiger partial charge in [0.1, 0.15) is 5.75 Å². The minimum absolute atomic E-state index is 0.0105. The van der Waals surface area contributed by atoms with Crippen LogP contribution in [0.5, 0.6) is 5.75 Å². The number of nitrogens with one attached hydrogen (secondary N) is 1. The van der Waals surface area contributed by atoms with Gasteiger partial charge in [0.2, 0.25) is 5.91 Å². The van der Waals surface area contributed by atoms with E-state index in [1.807, 2.05) is 91.5 Å². The smallest absolute Gasteiger partial charge is 0.227 e. The Balaban J connectivity index is 1.67. The number of carbonyl (C=O) groups is 2. The maximum absolute atomic E-state index is 13.9. The number of para-hydroxylation sites is 2. The number of fused-ring (bicyclic) bond motifs is 1. The van der Waals surface area contributed by atoms with Gasteiger partial charge < -0.3 is 10.1 Å². The van der Waals surface area contributed by atoms with Crippen molar-refractivity contribution in [2.75, 3.05) is 17.3 Å². The molecule has 1 amide bonds. The number of allylic oxidation sites excluding steroid dienone is 1. The fourth-order valence-corrected chi connectivity index (χ4v) is 5.21. The zero-order chi connectivity index (χ0) is 24.5. The molecule has 0 radical (unpaired) electrons. The SMILES string of the molecule is CCC(=O)N1c2ccccc2NC2=C(C(=O)C[C@H](c3ccc(OC)cc3)C2)[C@@H]1c1ccc(C)cc1. The number of benzene rings is 3. The third-order valence-corrected chi connectivity index (χ3v) is 7.04. The molecular weight excluding hydrogens is 436 g/mol. The Hall–Kier alpha value is -3.86. The fraction of sp³-hybridized carbons (Fsp3) is 0.267. The van der Waals surface area contributed by atoms with E-state index >= 15 is 0 Å². The van der Waals surface area contributed by atoms with Crippen molar-refractivity contribution in [3.63, 3.8) is 0 Å². The molecule has 1 aliphatic carbocycles. The van der Waals surface area contributed by atoms with Gasteiger partial charge in [0.15, 0.2) is 5.78 Å². The van der Waals surface area contributed by atoms with E-state index in [0.717, 1.165) is 39.5 Å². The molecule has 1 N–H and O–H groups in total. The first kappa shape index (κ1) is 22.9. The lowest BCUT2D eigenvalue weighted by Crippen LogP contribution is -2.38. The first-order valence-corrected chi connectivity index (χ1v) is 12.1. The van der Waals surface area contributed by atoms with Crippen LogP contribution in [0.3, 0.4) is 0 Å². The number of carbonyl (C=O) groups excluding carboxylic acids is 2. The van der Waals surface area contributed by atoms with Gasteiger partial charge in [-0.3, -0.25) is 14.5 Å². The average molecular weight is 467 g/mol. The van der Waals surface area contributed by atoms with Crippen LogP contribution in [0.1, 0.15) is 54.8 Å². The number of Topliss-reactive ketones (excluding diaryl/α,β-unsaturated/α-hetero) is 1. The highest BCUT2D eigenvalue weighted by atomic mass is 16.5. The summed E-state index contributed by atoms with van der Waals surface area (Å²) in [4.78, 5) is 29.1. The molecule has 5 nitrogen and oxygen atoms in total. The molecule has 3 aromatic rings. The summed E-state index contributed by atoms with van der Waals surface area (Å²) in [6.07, 6.45) is 1.44. The van der Waals surface area contributed by atoms with Crippen molar-refractivity contribution in [3.8, 4) is 5.75 Å². The summed E-state index contributed by atoms with van der Waals surface area (Å²) in [7, 11) is 1.65. The Morgan fingerprint density at radius 2 is 1.66 bits per heavy atom. The van der Waals surface area contributed by atoms with Crippen LogP contribution >= 0.6 is 0 Å². The van der Waals surface area contributed by atoms with Gasteiger partial charge in [-0.15, -0.1) is 0 Å². The van der Waals surface area contributed by atoms with Gasteiger partial charge in [0, 0.05) is 24.1 Å². The molecule has 0 fully saturated rings. The van der Waals surface area contributed by atoms with E-state index in [-0.39, 0.29) is 17.6 Å². The van der Waals surface area contributed by atoms with E-state index in [1.54, 1.807) is 7.11 Å². The first-order chi connectivity index (χ1) is 17.0. The van der Waals surface area contributed by atoms with E-state index in [2.05, 4.69) is 5.32 Å². The normalized spacial score (nSPS) is 19.4. The number of ether oxygens (including phenoxy) is 1. The third kappa shape index (κ3) is 4.23. The van der Waals surface area contributed by atoms with Crippen LogP contribution in [-0.4, -0.2) is 18.8 Å². The molecule has 5 heteroatoms. The highest BCUT2D eigenvalue weighted by Crippen LogP contribution is 2.47. The predicted molar refractivity (Wildman–Crippen MR) is 139 cm³/mol. The Labute approximate surface area is 206 Å². The van der Waals surface area contributed by atoms with Crippen molar-refractivity contribution in [2.24, 2.45) is 0 Å². The quantitative estimate of drug-likeness (QED) is 0.489. The number of aryl methyl sites for hydroxylation is 1. The molecule has 0 aromatic heterocycles. The fourth-order valence-electron chi connectivity index (χ4n) is 5.21. The van der Waals surface area contributed by atoms with Gasteiger partial charge in [-0.2, -0.15) is 0 Å². The maximum atomic E-state index is 13.9. The van der Waals surface area contributed by atoms with Crippen molar-refractivity contribution in [2.45, 2.75) is 45.1 Å². The molecule has 1 heterocycles. The molecule has 2 aliphatic rings. The monoisotopic (exact) mass is 466 g/mol. The number of hydrogen-bond donors (Lipinski definition) is 1. The summed E-state index contributed by atoms with van der Waals surface area (Å²) in [6.45, 7) is 3.91. The predicted octanol–water partition coefficient (Wildman–Crippen LogP) is 6.31. The van der Waals surface area contributed by atoms with Crippen molar-refractivity contribution < 1.29 is 14.3 Å². The number of nitrogens with zero attached hydrogens (tertiary/aromatic N) is 1. The topological polar surface area (TPSA) is 58.6 Å². The van der Waals surface area contributed by atoms with Crippen LogP contribution in [0.2, 0.25) is 0 Å². The van der Waals surface area contributed by atoms with Gasteiger partial charge in [0.25, 0.3) is 0 Å². The number of methoxy groups -OCH3 is 1. The zero-order valence-corrected chi connectivity index (χ0v) is 20.4. The molecule has 3 aromatic carbocycles. The lowest BCUT2D eigenvalue weighted by atomic mass is 9.78. The van der Waals surface area contributed by atoms with Crippen LogP contribution < -0.4 is 15.0 Å². The summed E-state index contributed by atoms with van der Waals surface area (Å²) >= 11 is 0. The van der Waals surface area contributed by atoms with Gasteiger partial charge in [-0.25, -0.2) is 0 Å². The second kappa shape index (κ2) is 9.41. The van der Waals surface area contributed by atoms with Crippen LogP contribution in [0.25, 0.3) is 0 Å². The van der Waals surface area contributed by atoms with Crippen molar-refractivity contribution >= 4 is 23.1 Å². The summed E-state index contributed by atoms with van der Waals surface area (Å²) in [5.41, 5.74) is 6.42. The Morgan fingerprint density at radius 1 is 0.971 bits per heavy atom. The minimum Gasteiger partial charge on any atom is -0.497 e. The van der Waals surface area contributed by atoms with Crippen molar-refractivity contribution in [1.82, 2.24) is 0 Å². The molecule has 0 saturated carbocycles.